The van der Waals surface area contributed by atoms with E-state index in [2.05, 4.69) is 20.9 Å². The number of carbonyl (C=O) groups excluding carboxylic acids is 2. The summed E-state index contributed by atoms with van der Waals surface area (Å²) in [6.45, 7) is 3.65. The van der Waals surface area contributed by atoms with Crippen molar-refractivity contribution in [2.75, 3.05) is 25.0 Å². The van der Waals surface area contributed by atoms with Crippen molar-refractivity contribution in [1.82, 2.24) is 25.2 Å². The number of likely N-dealkylation sites (tertiary alicyclic amines) is 1. The van der Waals surface area contributed by atoms with Crippen LogP contribution in [0.25, 0.3) is 0 Å². The van der Waals surface area contributed by atoms with E-state index in [1.807, 2.05) is 24.4 Å². The number of rotatable bonds is 3. The van der Waals surface area contributed by atoms with E-state index in [9.17, 15) is 9.59 Å². The number of nitrogens with one attached hydrogen (secondary N) is 2. The normalized spacial score (nSPS) is 19.2. The van der Waals surface area contributed by atoms with Gasteiger partial charge in [-0.25, -0.2) is 0 Å². The second-order valence-electron chi connectivity index (χ2n) is 6.90. The Bertz CT molecular complexity index is 804. The number of hydrogen-bond acceptors (Lipinski definition) is 5. The molecule has 26 heavy (non-hydrogen) atoms. The van der Waals surface area contributed by atoms with E-state index < -0.39 is 11.8 Å². The lowest BCUT2D eigenvalue weighted by Gasteiger charge is -2.19. The highest BCUT2D eigenvalue weighted by Gasteiger charge is 2.30. The zero-order valence-electron chi connectivity index (χ0n) is 14.5. The molecule has 0 saturated carbocycles. The summed E-state index contributed by atoms with van der Waals surface area (Å²) >= 11 is 0. The van der Waals surface area contributed by atoms with E-state index in [-0.39, 0.29) is 0 Å². The molecule has 1 aromatic heterocycles. The van der Waals surface area contributed by atoms with Crippen molar-refractivity contribution >= 4 is 17.5 Å². The third kappa shape index (κ3) is 3.60. The van der Waals surface area contributed by atoms with Crippen molar-refractivity contribution in [3.8, 4) is 0 Å². The van der Waals surface area contributed by atoms with E-state index in [0.29, 0.717) is 31.2 Å². The van der Waals surface area contributed by atoms with Crippen LogP contribution in [0.5, 0.6) is 0 Å². The highest BCUT2D eigenvalue weighted by Crippen LogP contribution is 2.20. The Balaban J connectivity index is 1.34. The van der Waals surface area contributed by atoms with Gasteiger partial charge in [0.15, 0.2) is 0 Å². The number of aromatic nitrogens is 3. The fourth-order valence-corrected chi connectivity index (χ4v) is 3.65. The van der Waals surface area contributed by atoms with Crippen LogP contribution >= 0.6 is 0 Å². The first kappa shape index (κ1) is 16.7. The van der Waals surface area contributed by atoms with E-state index in [4.69, 9.17) is 0 Å². The third-order valence-electron chi connectivity index (χ3n) is 5.04. The van der Waals surface area contributed by atoms with Crippen molar-refractivity contribution in [2.45, 2.75) is 25.9 Å². The van der Waals surface area contributed by atoms with Crippen molar-refractivity contribution < 1.29 is 9.59 Å². The number of carbonyl (C=O) groups is 2. The van der Waals surface area contributed by atoms with Gasteiger partial charge in [-0.1, -0.05) is 11.3 Å². The van der Waals surface area contributed by atoms with E-state index in [1.165, 1.54) is 11.1 Å². The number of amides is 2. The lowest BCUT2D eigenvalue weighted by molar-refractivity contribution is -0.142. The smallest absolute Gasteiger partial charge is 0.313 e. The van der Waals surface area contributed by atoms with Crippen LogP contribution < -0.4 is 10.6 Å². The second kappa shape index (κ2) is 7.25. The van der Waals surface area contributed by atoms with E-state index in [1.54, 1.807) is 15.8 Å². The maximum Gasteiger partial charge on any atom is 0.313 e. The summed E-state index contributed by atoms with van der Waals surface area (Å²) in [4.78, 5) is 26.4. The molecule has 2 aliphatic heterocycles. The Morgan fingerprint density at radius 1 is 1.31 bits per heavy atom. The Kier molecular flexibility index (Phi) is 4.66. The molecule has 2 amide bonds. The van der Waals surface area contributed by atoms with Crippen LogP contribution in [0.15, 0.2) is 30.6 Å². The van der Waals surface area contributed by atoms with Gasteiger partial charge >= 0.3 is 11.8 Å². The van der Waals surface area contributed by atoms with Crippen LogP contribution in [0.2, 0.25) is 0 Å². The molecule has 1 aromatic carbocycles. The largest absolute Gasteiger partial charge is 0.334 e. The zero-order chi connectivity index (χ0) is 17.9. The molecule has 2 aliphatic rings. The summed E-state index contributed by atoms with van der Waals surface area (Å²) in [6.07, 6.45) is 5.30. The molecule has 4 rings (SSSR count). The Hall–Kier alpha value is -2.74. The molecule has 3 heterocycles. The summed E-state index contributed by atoms with van der Waals surface area (Å²) in [7, 11) is 0. The van der Waals surface area contributed by atoms with Crippen molar-refractivity contribution in [3.05, 3.63) is 41.7 Å². The van der Waals surface area contributed by atoms with E-state index >= 15 is 0 Å². The first-order valence-corrected chi connectivity index (χ1v) is 8.96. The summed E-state index contributed by atoms with van der Waals surface area (Å²) in [5.74, 6) is -0.750. The lowest BCUT2D eigenvalue weighted by Crippen LogP contribution is -2.38. The minimum atomic E-state index is -0.574. The number of anilines is 1. The van der Waals surface area contributed by atoms with Gasteiger partial charge in [0.25, 0.3) is 0 Å². The number of fused-ring (bicyclic) bond motifs is 1. The number of hydrogen-bond donors (Lipinski definition) is 2. The van der Waals surface area contributed by atoms with Crippen LogP contribution in [0.3, 0.4) is 0 Å². The fraction of sp³-hybridized carbons (Fsp3) is 0.444. The zero-order valence-corrected chi connectivity index (χ0v) is 14.5. The first-order chi connectivity index (χ1) is 12.7. The maximum absolute atomic E-state index is 12.5. The minimum absolute atomic E-state index is 0.295. The molecule has 8 nitrogen and oxygen atoms in total. The standard InChI is InChI=1S/C18H22N6O2/c25-17(21-16-2-1-14-3-5-19-10-15(14)9-16)18(26)23-7-4-13(11-23)12-24-8-6-20-22-24/h1-2,6,8-9,13,19H,3-5,7,10-12H2,(H,21,25). The van der Waals surface area contributed by atoms with Crippen LogP contribution in [0.4, 0.5) is 5.69 Å². The summed E-state index contributed by atoms with van der Waals surface area (Å²) in [6, 6.07) is 5.84. The number of benzene rings is 1. The molecule has 0 bridgehead atoms. The molecule has 2 aromatic rings. The molecule has 2 N–H and O–H groups in total. The summed E-state index contributed by atoms with van der Waals surface area (Å²) in [5, 5.41) is 13.8. The fourth-order valence-electron chi connectivity index (χ4n) is 3.65. The molecule has 0 aliphatic carbocycles. The van der Waals surface area contributed by atoms with E-state index in [0.717, 1.165) is 25.9 Å². The molecular formula is C18H22N6O2. The molecule has 8 heteroatoms. The third-order valence-corrected chi connectivity index (χ3v) is 5.04. The average Bonchev–Trinajstić information content (AvgIpc) is 3.33. The summed E-state index contributed by atoms with van der Waals surface area (Å²) in [5.41, 5.74) is 3.14. The van der Waals surface area contributed by atoms with Gasteiger partial charge in [-0.05, 0) is 48.6 Å². The maximum atomic E-state index is 12.5. The van der Waals surface area contributed by atoms with Crippen molar-refractivity contribution in [1.29, 1.82) is 0 Å². The van der Waals surface area contributed by atoms with Gasteiger partial charge in [-0.3, -0.25) is 14.3 Å². The number of nitrogens with zero attached hydrogens (tertiary/aromatic N) is 4. The highest BCUT2D eigenvalue weighted by molar-refractivity contribution is 6.39. The average molecular weight is 354 g/mol. The Labute approximate surface area is 151 Å². The molecular weight excluding hydrogens is 332 g/mol. The topological polar surface area (TPSA) is 92.2 Å². The van der Waals surface area contributed by atoms with Gasteiger partial charge in [0, 0.05) is 38.1 Å². The Morgan fingerprint density at radius 2 is 2.23 bits per heavy atom. The van der Waals surface area contributed by atoms with Crippen LogP contribution in [-0.4, -0.2) is 51.3 Å². The molecule has 0 spiro atoms. The second-order valence-corrected chi connectivity index (χ2v) is 6.90. The lowest BCUT2D eigenvalue weighted by atomic mass is 10.0. The van der Waals surface area contributed by atoms with Gasteiger partial charge in [-0.15, -0.1) is 5.10 Å². The van der Waals surface area contributed by atoms with Gasteiger partial charge in [0.1, 0.15) is 0 Å². The Morgan fingerprint density at radius 3 is 3.08 bits per heavy atom. The van der Waals surface area contributed by atoms with Gasteiger partial charge in [0.2, 0.25) is 0 Å². The monoisotopic (exact) mass is 354 g/mol. The quantitative estimate of drug-likeness (QED) is 0.779. The molecule has 1 fully saturated rings. The first-order valence-electron chi connectivity index (χ1n) is 8.96. The van der Waals surface area contributed by atoms with Crippen LogP contribution in [0, 0.1) is 5.92 Å². The molecule has 1 unspecified atom stereocenters. The molecule has 1 saturated heterocycles. The van der Waals surface area contributed by atoms with Gasteiger partial charge in [0.05, 0.1) is 6.20 Å². The van der Waals surface area contributed by atoms with Gasteiger partial charge < -0.3 is 15.5 Å². The minimum Gasteiger partial charge on any atom is -0.334 e. The highest BCUT2D eigenvalue weighted by atomic mass is 16.2. The predicted octanol–water partition coefficient (Wildman–Crippen LogP) is 0.411. The van der Waals surface area contributed by atoms with Crippen molar-refractivity contribution in [3.63, 3.8) is 0 Å². The molecule has 136 valence electrons. The molecule has 0 radical (unpaired) electrons. The van der Waals surface area contributed by atoms with Crippen LogP contribution in [-0.2, 0) is 29.1 Å². The van der Waals surface area contributed by atoms with Crippen LogP contribution in [0.1, 0.15) is 17.5 Å². The predicted molar refractivity (Wildman–Crippen MR) is 95.2 cm³/mol. The summed E-state index contributed by atoms with van der Waals surface area (Å²) < 4.78 is 1.76. The SMILES string of the molecule is O=C(Nc1ccc2c(c1)CNCC2)C(=O)N1CCC(Cn2ccnn2)C1. The van der Waals surface area contributed by atoms with Gasteiger partial charge in [-0.2, -0.15) is 0 Å². The van der Waals surface area contributed by atoms with Crippen molar-refractivity contribution in [2.24, 2.45) is 5.92 Å². The molecule has 1 atom stereocenters.